The van der Waals surface area contributed by atoms with Crippen molar-refractivity contribution in [3.05, 3.63) is 60.2 Å². The van der Waals surface area contributed by atoms with Gasteiger partial charge in [-0.3, -0.25) is 4.99 Å². The van der Waals surface area contributed by atoms with E-state index in [9.17, 15) is 0 Å². The van der Waals surface area contributed by atoms with Crippen molar-refractivity contribution >= 4 is 17.8 Å². The summed E-state index contributed by atoms with van der Waals surface area (Å²) in [7, 11) is 0. The van der Waals surface area contributed by atoms with E-state index < -0.39 is 11.9 Å². The summed E-state index contributed by atoms with van der Waals surface area (Å²) >= 11 is 0. The highest BCUT2D eigenvalue weighted by molar-refractivity contribution is 6.27. The fourth-order valence-electron chi connectivity index (χ4n) is 2.79. The largest absolute Gasteiger partial charge is 0.473 e. The maximum absolute atomic E-state index is 9.10. The highest BCUT2D eigenvalue weighted by Gasteiger charge is 2.45. The molecule has 0 radical (unpaired) electrons. The summed E-state index contributed by atoms with van der Waals surface area (Å²) in [6.07, 6.45) is 0.248. The second kappa shape index (κ2) is 7.79. The van der Waals surface area contributed by atoms with Crippen LogP contribution >= 0.6 is 0 Å². The Morgan fingerprint density at radius 2 is 1.62 bits per heavy atom. The quantitative estimate of drug-likeness (QED) is 0.574. The molecule has 2 aliphatic rings. The van der Waals surface area contributed by atoms with Gasteiger partial charge in [-0.05, 0) is 16.7 Å². The first-order valence-corrected chi connectivity index (χ1v) is 8.12. The van der Waals surface area contributed by atoms with Gasteiger partial charge in [-0.1, -0.05) is 54.6 Å². The molecule has 0 aliphatic carbocycles. The predicted molar refractivity (Wildman–Crippen MR) is 95.1 cm³/mol. The van der Waals surface area contributed by atoms with Crippen molar-refractivity contribution in [2.45, 2.75) is 12.2 Å². The van der Waals surface area contributed by atoms with Gasteiger partial charge in [0, 0.05) is 6.54 Å². The SMILES string of the molecule is O=C(O)C(=O)O.c1ccc(-c2ccccc2[C@@H]2O[C@H]2C2=NCCN2)cc1. The molecular weight excluding hydrogens is 336 g/mol. The van der Waals surface area contributed by atoms with Crippen LogP contribution in [0.5, 0.6) is 0 Å². The van der Waals surface area contributed by atoms with Crippen LogP contribution in [0.25, 0.3) is 11.1 Å². The number of rotatable bonds is 3. The lowest BCUT2D eigenvalue weighted by Gasteiger charge is -2.07. The topological polar surface area (TPSA) is 112 Å². The number of carbonyl (C=O) groups is 2. The van der Waals surface area contributed by atoms with E-state index in [0.717, 1.165) is 18.9 Å². The summed E-state index contributed by atoms with van der Waals surface area (Å²) in [5.74, 6) is -2.64. The Kier molecular flexibility index (Phi) is 5.28. The van der Waals surface area contributed by atoms with Gasteiger partial charge in [-0.25, -0.2) is 9.59 Å². The lowest BCUT2D eigenvalue weighted by atomic mass is 9.96. The highest BCUT2D eigenvalue weighted by Crippen LogP contribution is 2.43. The predicted octanol–water partition coefficient (Wildman–Crippen LogP) is 1.95. The third-order valence-corrected chi connectivity index (χ3v) is 4.00. The first kappa shape index (κ1) is 17.6. The molecule has 0 saturated carbocycles. The van der Waals surface area contributed by atoms with Crippen molar-refractivity contribution in [3.8, 4) is 11.1 Å². The molecule has 2 aliphatic heterocycles. The van der Waals surface area contributed by atoms with Crippen LogP contribution in [0.15, 0.2) is 59.6 Å². The maximum Gasteiger partial charge on any atom is 0.414 e. The van der Waals surface area contributed by atoms with Crippen LogP contribution in [0.4, 0.5) is 0 Å². The molecule has 2 aromatic carbocycles. The van der Waals surface area contributed by atoms with Crippen LogP contribution in [0.1, 0.15) is 11.7 Å². The number of epoxide rings is 1. The van der Waals surface area contributed by atoms with Gasteiger partial charge in [0.1, 0.15) is 18.0 Å². The van der Waals surface area contributed by atoms with Gasteiger partial charge in [0.2, 0.25) is 0 Å². The maximum atomic E-state index is 9.10. The number of benzene rings is 2. The number of ether oxygens (including phenoxy) is 1. The number of carboxylic acids is 2. The summed E-state index contributed by atoms with van der Waals surface area (Å²) in [4.78, 5) is 22.7. The molecule has 0 spiro atoms. The summed E-state index contributed by atoms with van der Waals surface area (Å²) in [5, 5.41) is 18.1. The zero-order valence-corrected chi connectivity index (χ0v) is 13.8. The van der Waals surface area contributed by atoms with Crippen LogP contribution in [0.3, 0.4) is 0 Å². The number of aliphatic imine (C=N–C) groups is 1. The first-order chi connectivity index (χ1) is 12.6. The summed E-state index contributed by atoms with van der Waals surface area (Å²) in [6, 6.07) is 18.9. The van der Waals surface area contributed by atoms with E-state index in [1.54, 1.807) is 0 Å². The standard InChI is InChI=1S/C17H16N2O.C2H2O4/c1-2-6-12(7-3-1)13-8-4-5-9-14(13)15-16(20-15)17-18-10-11-19-17;3-1(4)2(5)6/h1-9,15-16H,10-11H2,(H,18,19);(H,3,4)(H,5,6)/t15-,16+;/m0./s1. The molecule has 1 saturated heterocycles. The zero-order valence-electron chi connectivity index (χ0n) is 13.8. The van der Waals surface area contributed by atoms with Crippen molar-refractivity contribution in [2.75, 3.05) is 13.1 Å². The van der Waals surface area contributed by atoms with Crippen molar-refractivity contribution in [2.24, 2.45) is 4.99 Å². The van der Waals surface area contributed by atoms with Gasteiger partial charge in [0.05, 0.1) is 6.54 Å². The molecule has 3 N–H and O–H groups in total. The third kappa shape index (κ3) is 4.07. The molecule has 26 heavy (non-hydrogen) atoms. The molecule has 134 valence electrons. The second-order valence-corrected chi connectivity index (χ2v) is 5.73. The van der Waals surface area contributed by atoms with E-state index in [2.05, 4.69) is 58.8 Å². The van der Waals surface area contributed by atoms with Gasteiger partial charge >= 0.3 is 11.9 Å². The van der Waals surface area contributed by atoms with Gasteiger partial charge < -0.3 is 20.3 Å². The number of nitrogens with zero attached hydrogens (tertiary/aromatic N) is 1. The van der Waals surface area contributed by atoms with Crippen molar-refractivity contribution in [1.29, 1.82) is 0 Å². The Morgan fingerprint density at radius 1 is 0.962 bits per heavy atom. The molecule has 2 atom stereocenters. The van der Waals surface area contributed by atoms with Crippen LogP contribution in [0.2, 0.25) is 0 Å². The Labute approximate surface area is 150 Å². The molecule has 7 heteroatoms. The third-order valence-electron chi connectivity index (χ3n) is 4.00. The lowest BCUT2D eigenvalue weighted by molar-refractivity contribution is -0.159. The number of nitrogens with one attached hydrogen (secondary N) is 1. The van der Waals surface area contributed by atoms with Crippen molar-refractivity contribution < 1.29 is 24.5 Å². The number of amidine groups is 1. The average Bonchev–Trinajstić information content (AvgIpc) is 3.27. The first-order valence-electron chi connectivity index (χ1n) is 8.12. The molecule has 4 rings (SSSR count). The average molecular weight is 354 g/mol. The molecule has 7 nitrogen and oxygen atoms in total. The molecule has 0 bridgehead atoms. The van der Waals surface area contributed by atoms with E-state index in [0.29, 0.717) is 0 Å². The molecule has 0 amide bonds. The number of aliphatic carboxylic acids is 2. The lowest BCUT2D eigenvalue weighted by Crippen LogP contribution is -2.23. The molecule has 0 unspecified atom stereocenters. The minimum atomic E-state index is -1.82. The molecule has 2 heterocycles. The highest BCUT2D eigenvalue weighted by atomic mass is 16.6. The van der Waals surface area contributed by atoms with Gasteiger partial charge in [-0.15, -0.1) is 0 Å². The summed E-state index contributed by atoms with van der Waals surface area (Å²) < 4.78 is 5.86. The van der Waals surface area contributed by atoms with E-state index in [-0.39, 0.29) is 12.2 Å². The molecule has 1 fully saturated rings. The number of carboxylic acid groups (broad SMARTS) is 2. The van der Waals surface area contributed by atoms with Gasteiger partial charge in [0.25, 0.3) is 0 Å². The Hall–Kier alpha value is -3.19. The Balaban J connectivity index is 0.000000286. The van der Waals surface area contributed by atoms with E-state index >= 15 is 0 Å². The van der Waals surface area contributed by atoms with E-state index in [1.807, 2.05) is 6.07 Å². The fraction of sp³-hybridized carbons (Fsp3) is 0.211. The normalized spacial score (nSPS) is 20.2. The minimum absolute atomic E-state index is 0.113. The van der Waals surface area contributed by atoms with Gasteiger partial charge in [-0.2, -0.15) is 0 Å². The second-order valence-electron chi connectivity index (χ2n) is 5.73. The minimum Gasteiger partial charge on any atom is -0.473 e. The molecule has 2 aromatic rings. The fourth-order valence-corrected chi connectivity index (χ4v) is 2.79. The van der Waals surface area contributed by atoms with Crippen LogP contribution in [-0.4, -0.2) is 47.2 Å². The monoisotopic (exact) mass is 354 g/mol. The van der Waals surface area contributed by atoms with Gasteiger partial charge in [0.15, 0.2) is 0 Å². The Bertz CT molecular complexity index is 823. The molecule has 0 aromatic heterocycles. The molecular formula is C19H18N2O5. The van der Waals surface area contributed by atoms with Crippen LogP contribution < -0.4 is 5.32 Å². The summed E-state index contributed by atoms with van der Waals surface area (Å²) in [5.41, 5.74) is 3.73. The summed E-state index contributed by atoms with van der Waals surface area (Å²) in [6.45, 7) is 1.80. The Morgan fingerprint density at radius 3 is 2.23 bits per heavy atom. The number of hydrogen-bond acceptors (Lipinski definition) is 5. The van der Waals surface area contributed by atoms with E-state index in [1.165, 1.54) is 16.7 Å². The number of hydrogen-bond donors (Lipinski definition) is 3. The van der Waals surface area contributed by atoms with Crippen LogP contribution in [-0.2, 0) is 14.3 Å². The van der Waals surface area contributed by atoms with Crippen LogP contribution in [0, 0.1) is 0 Å². The van der Waals surface area contributed by atoms with Crippen molar-refractivity contribution in [3.63, 3.8) is 0 Å². The van der Waals surface area contributed by atoms with Crippen molar-refractivity contribution in [1.82, 2.24) is 5.32 Å². The smallest absolute Gasteiger partial charge is 0.414 e. The zero-order chi connectivity index (χ0) is 18.5. The van der Waals surface area contributed by atoms with E-state index in [4.69, 9.17) is 24.5 Å².